The molecule has 0 saturated heterocycles. The second-order valence-electron chi connectivity index (χ2n) is 6.88. The number of rotatable bonds is 6. The van der Waals surface area contributed by atoms with Crippen molar-refractivity contribution in [2.75, 3.05) is 5.75 Å². The van der Waals surface area contributed by atoms with Crippen molar-refractivity contribution < 1.29 is 4.79 Å². The molecule has 1 amide bonds. The van der Waals surface area contributed by atoms with E-state index in [-0.39, 0.29) is 17.2 Å². The molecule has 0 saturated carbocycles. The van der Waals surface area contributed by atoms with Crippen LogP contribution in [0.3, 0.4) is 0 Å². The first kappa shape index (κ1) is 20.6. The molecule has 0 spiro atoms. The fraction of sp³-hybridized carbons (Fsp3) is 0.0833. The molecule has 3 aromatic carbocycles. The standard InChI is InChI=1S/C24H20N4O2S/c1-17-11-13-18(14-12-17)15-25-27-22(29)16-31-24-26-21-10-6-5-9-20(21)23(30)28(24)19-7-3-2-4-8-19/h2-15H,16H2,1H3,(H,27,29)/b25-15-. The summed E-state index contributed by atoms with van der Waals surface area (Å²) in [5, 5.41) is 4.99. The van der Waals surface area contributed by atoms with Crippen LogP contribution in [0.1, 0.15) is 11.1 Å². The number of para-hydroxylation sites is 2. The Hall–Kier alpha value is -3.71. The van der Waals surface area contributed by atoms with Crippen molar-refractivity contribution in [3.63, 3.8) is 0 Å². The fourth-order valence-corrected chi connectivity index (χ4v) is 3.81. The Balaban J connectivity index is 1.54. The zero-order valence-electron chi connectivity index (χ0n) is 16.9. The van der Waals surface area contributed by atoms with Crippen LogP contribution in [-0.2, 0) is 4.79 Å². The number of carbonyl (C=O) groups is 1. The van der Waals surface area contributed by atoms with E-state index in [2.05, 4.69) is 15.5 Å². The molecule has 0 bridgehead atoms. The van der Waals surface area contributed by atoms with Crippen LogP contribution in [0.15, 0.2) is 93.9 Å². The Kier molecular flexibility index (Phi) is 6.24. The number of amides is 1. The van der Waals surface area contributed by atoms with Gasteiger partial charge in [-0.25, -0.2) is 10.4 Å². The molecule has 4 rings (SSSR count). The molecule has 154 valence electrons. The summed E-state index contributed by atoms with van der Waals surface area (Å²) in [5.41, 5.74) is 5.70. The van der Waals surface area contributed by atoms with Gasteiger partial charge in [0.25, 0.3) is 11.5 Å². The van der Waals surface area contributed by atoms with Crippen LogP contribution < -0.4 is 11.0 Å². The molecule has 0 aliphatic rings. The Labute approximate surface area is 183 Å². The third-order valence-corrected chi connectivity index (χ3v) is 5.51. The molecule has 0 aliphatic carbocycles. The number of benzene rings is 3. The molecular formula is C24H20N4O2S. The summed E-state index contributed by atoms with van der Waals surface area (Å²) < 4.78 is 1.54. The van der Waals surface area contributed by atoms with Crippen molar-refractivity contribution in [3.05, 3.63) is 100 Å². The average molecular weight is 429 g/mol. The predicted octanol–water partition coefficient (Wildman–Crippen LogP) is 3.94. The quantitative estimate of drug-likeness (QED) is 0.218. The van der Waals surface area contributed by atoms with Gasteiger partial charge in [0.15, 0.2) is 5.16 Å². The van der Waals surface area contributed by atoms with Crippen molar-refractivity contribution >= 4 is 34.8 Å². The van der Waals surface area contributed by atoms with Gasteiger partial charge in [0, 0.05) is 0 Å². The van der Waals surface area contributed by atoms with Gasteiger partial charge >= 0.3 is 0 Å². The fourth-order valence-electron chi connectivity index (χ4n) is 3.01. The summed E-state index contributed by atoms with van der Waals surface area (Å²) in [7, 11) is 0. The number of aromatic nitrogens is 2. The number of hydrogen-bond acceptors (Lipinski definition) is 5. The summed E-state index contributed by atoms with van der Waals surface area (Å²) in [4.78, 5) is 30.1. The lowest BCUT2D eigenvalue weighted by atomic mass is 10.2. The summed E-state index contributed by atoms with van der Waals surface area (Å²) in [6.07, 6.45) is 1.59. The van der Waals surface area contributed by atoms with Crippen LogP contribution >= 0.6 is 11.8 Å². The maximum Gasteiger partial charge on any atom is 0.266 e. The van der Waals surface area contributed by atoms with Gasteiger partial charge in [-0.2, -0.15) is 5.10 Å². The van der Waals surface area contributed by atoms with Crippen LogP contribution in [0.4, 0.5) is 0 Å². The zero-order chi connectivity index (χ0) is 21.6. The predicted molar refractivity (Wildman–Crippen MR) is 125 cm³/mol. The highest BCUT2D eigenvalue weighted by atomic mass is 32.2. The zero-order valence-corrected chi connectivity index (χ0v) is 17.7. The first-order valence-corrected chi connectivity index (χ1v) is 10.7. The molecule has 1 N–H and O–H groups in total. The van der Waals surface area contributed by atoms with E-state index >= 15 is 0 Å². The Morgan fingerprint density at radius 3 is 2.52 bits per heavy atom. The van der Waals surface area contributed by atoms with Crippen molar-refractivity contribution in [2.24, 2.45) is 5.10 Å². The van der Waals surface area contributed by atoms with Gasteiger partial charge in [-0.05, 0) is 36.8 Å². The van der Waals surface area contributed by atoms with Crippen LogP contribution in [0, 0.1) is 6.92 Å². The minimum Gasteiger partial charge on any atom is -0.272 e. The number of hydrazone groups is 1. The maximum absolute atomic E-state index is 13.1. The minimum absolute atomic E-state index is 0.0723. The lowest BCUT2D eigenvalue weighted by Gasteiger charge is -2.12. The van der Waals surface area contributed by atoms with E-state index in [0.717, 1.165) is 11.1 Å². The molecule has 6 nitrogen and oxygen atoms in total. The minimum atomic E-state index is -0.282. The van der Waals surface area contributed by atoms with Gasteiger partial charge in [0.2, 0.25) is 0 Å². The number of carbonyl (C=O) groups excluding carboxylic acids is 1. The van der Waals surface area contributed by atoms with E-state index < -0.39 is 0 Å². The normalized spacial score (nSPS) is 11.1. The van der Waals surface area contributed by atoms with Crippen LogP contribution in [-0.4, -0.2) is 27.4 Å². The van der Waals surface area contributed by atoms with E-state index in [1.807, 2.05) is 73.7 Å². The molecule has 1 heterocycles. The molecule has 0 aliphatic heterocycles. The number of hydrogen-bond donors (Lipinski definition) is 1. The summed E-state index contributed by atoms with van der Waals surface area (Å²) >= 11 is 1.19. The van der Waals surface area contributed by atoms with Gasteiger partial charge in [-0.3, -0.25) is 14.2 Å². The molecule has 0 radical (unpaired) electrons. The highest BCUT2D eigenvalue weighted by molar-refractivity contribution is 7.99. The van der Waals surface area contributed by atoms with E-state index in [0.29, 0.717) is 21.7 Å². The highest BCUT2D eigenvalue weighted by Gasteiger charge is 2.14. The van der Waals surface area contributed by atoms with E-state index in [4.69, 9.17) is 0 Å². The molecule has 31 heavy (non-hydrogen) atoms. The Morgan fingerprint density at radius 1 is 1.03 bits per heavy atom. The van der Waals surface area contributed by atoms with Crippen LogP contribution in [0.25, 0.3) is 16.6 Å². The van der Waals surface area contributed by atoms with Crippen molar-refractivity contribution in [1.82, 2.24) is 15.0 Å². The summed E-state index contributed by atoms with van der Waals surface area (Å²) in [6.45, 7) is 2.01. The first-order valence-electron chi connectivity index (χ1n) is 9.70. The molecule has 0 atom stereocenters. The SMILES string of the molecule is Cc1ccc(/C=N\NC(=O)CSc2nc3ccccc3c(=O)n2-c2ccccc2)cc1. The van der Waals surface area contributed by atoms with Crippen molar-refractivity contribution in [1.29, 1.82) is 0 Å². The number of nitrogens with one attached hydrogen (secondary N) is 1. The molecule has 0 unspecified atom stereocenters. The van der Waals surface area contributed by atoms with E-state index in [9.17, 15) is 9.59 Å². The van der Waals surface area contributed by atoms with Crippen LogP contribution in [0.5, 0.6) is 0 Å². The molecule has 7 heteroatoms. The Bertz CT molecular complexity index is 1300. The monoisotopic (exact) mass is 428 g/mol. The highest BCUT2D eigenvalue weighted by Crippen LogP contribution is 2.21. The largest absolute Gasteiger partial charge is 0.272 e. The molecule has 4 aromatic rings. The summed E-state index contributed by atoms with van der Waals surface area (Å²) in [5.74, 6) is -0.210. The van der Waals surface area contributed by atoms with Crippen LogP contribution in [0.2, 0.25) is 0 Å². The number of fused-ring (bicyclic) bond motifs is 1. The average Bonchev–Trinajstić information content (AvgIpc) is 2.80. The van der Waals surface area contributed by atoms with Gasteiger partial charge in [0.05, 0.1) is 28.6 Å². The number of nitrogens with zero attached hydrogens (tertiary/aromatic N) is 3. The maximum atomic E-state index is 13.1. The van der Waals surface area contributed by atoms with Crippen molar-refractivity contribution in [2.45, 2.75) is 12.1 Å². The number of aryl methyl sites for hydroxylation is 1. The lowest BCUT2D eigenvalue weighted by Crippen LogP contribution is -2.24. The van der Waals surface area contributed by atoms with E-state index in [1.165, 1.54) is 16.3 Å². The van der Waals surface area contributed by atoms with Gasteiger partial charge in [0.1, 0.15) is 0 Å². The molecule has 0 fully saturated rings. The molecule has 1 aromatic heterocycles. The van der Waals surface area contributed by atoms with Gasteiger partial charge in [-0.1, -0.05) is 71.9 Å². The Morgan fingerprint density at radius 2 is 1.74 bits per heavy atom. The second kappa shape index (κ2) is 9.40. The second-order valence-corrected chi connectivity index (χ2v) is 7.82. The van der Waals surface area contributed by atoms with E-state index in [1.54, 1.807) is 18.3 Å². The topological polar surface area (TPSA) is 76.3 Å². The lowest BCUT2D eigenvalue weighted by molar-refractivity contribution is -0.118. The molecular weight excluding hydrogens is 408 g/mol. The van der Waals surface area contributed by atoms with Gasteiger partial charge in [-0.15, -0.1) is 0 Å². The van der Waals surface area contributed by atoms with Gasteiger partial charge < -0.3 is 0 Å². The summed E-state index contributed by atoms with van der Waals surface area (Å²) in [6, 6.07) is 24.3. The number of thioether (sulfide) groups is 1. The smallest absolute Gasteiger partial charge is 0.266 e. The third kappa shape index (κ3) is 4.90. The first-order chi connectivity index (χ1) is 15.1. The third-order valence-electron chi connectivity index (χ3n) is 4.57. The van der Waals surface area contributed by atoms with Crippen molar-refractivity contribution in [3.8, 4) is 5.69 Å².